The van der Waals surface area contributed by atoms with Crippen molar-refractivity contribution in [1.29, 1.82) is 0 Å². The first-order chi connectivity index (χ1) is 6.84. The summed E-state index contributed by atoms with van der Waals surface area (Å²) in [5.74, 6) is 0.573. The SMILES string of the molecule is Nc1ccn(CCCn2cccn2)n1. The molecule has 0 aromatic carbocycles. The maximum Gasteiger partial charge on any atom is 0.145 e. The highest BCUT2D eigenvalue weighted by Crippen LogP contribution is 1.98. The van der Waals surface area contributed by atoms with Crippen LogP contribution in [0.5, 0.6) is 0 Å². The summed E-state index contributed by atoms with van der Waals surface area (Å²) >= 11 is 0. The molecule has 74 valence electrons. The van der Waals surface area contributed by atoms with Gasteiger partial charge in [0.25, 0.3) is 0 Å². The van der Waals surface area contributed by atoms with E-state index in [0.29, 0.717) is 5.82 Å². The Labute approximate surface area is 82.1 Å². The van der Waals surface area contributed by atoms with Crippen molar-refractivity contribution in [2.75, 3.05) is 5.73 Å². The summed E-state index contributed by atoms with van der Waals surface area (Å²) in [5.41, 5.74) is 5.50. The molecule has 5 heteroatoms. The van der Waals surface area contributed by atoms with Gasteiger partial charge in [-0.15, -0.1) is 0 Å². The Balaban J connectivity index is 1.78. The largest absolute Gasteiger partial charge is 0.382 e. The molecule has 2 aromatic rings. The van der Waals surface area contributed by atoms with Gasteiger partial charge >= 0.3 is 0 Å². The molecule has 0 radical (unpaired) electrons. The highest BCUT2D eigenvalue weighted by Gasteiger charge is 1.95. The second-order valence-corrected chi connectivity index (χ2v) is 3.13. The lowest BCUT2D eigenvalue weighted by Crippen LogP contribution is -2.05. The first kappa shape index (κ1) is 8.80. The van der Waals surface area contributed by atoms with Crippen LogP contribution in [0.2, 0.25) is 0 Å². The smallest absolute Gasteiger partial charge is 0.145 e. The summed E-state index contributed by atoms with van der Waals surface area (Å²) in [4.78, 5) is 0. The molecule has 0 fully saturated rings. The molecule has 14 heavy (non-hydrogen) atoms. The lowest BCUT2D eigenvalue weighted by Gasteiger charge is -2.01. The maximum atomic E-state index is 5.50. The molecule has 0 spiro atoms. The van der Waals surface area contributed by atoms with Gasteiger partial charge in [-0.3, -0.25) is 9.36 Å². The van der Waals surface area contributed by atoms with Crippen LogP contribution in [0.4, 0.5) is 5.82 Å². The van der Waals surface area contributed by atoms with E-state index in [1.165, 1.54) is 0 Å². The molecule has 0 saturated heterocycles. The Morgan fingerprint density at radius 2 is 2.07 bits per heavy atom. The van der Waals surface area contributed by atoms with E-state index in [9.17, 15) is 0 Å². The van der Waals surface area contributed by atoms with E-state index < -0.39 is 0 Å². The monoisotopic (exact) mass is 191 g/mol. The minimum absolute atomic E-state index is 0.573. The maximum absolute atomic E-state index is 5.50. The number of nitrogen functional groups attached to an aromatic ring is 1. The second-order valence-electron chi connectivity index (χ2n) is 3.13. The molecular formula is C9H13N5. The Kier molecular flexibility index (Phi) is 2.48. The highest BCUT2D eigenvalue weighted by atomic mass is 15.3. The first-order valence-electron chi connectivity index (χ1n) is 4.61. The van der Waals surface area contributed by atoms with E-state index in [-0.39, 0.29) is 0 Å². The van der Waals surface area contributed by atoms with Crippen LogP contribution in [0.3, 0.4) is 0 Å². The van der Waals surface area contributed by atoms with Crippen molar-refractivity contribution in [2.24, 2.45) is 0 Å². The molecule has 2 aromatic heterocycles. The zero-order chi connectivity index (χ0) is 9.80. The van der Waals surface area contributed by atoms with Gasteiger partial charge in [0.15, 0.2) is 0 Å². The number of hydrogen-bond acceptors (Lipinski definition) is 3. The summed E-state index contributed by atoms with van der Waals surface area (Å²) in [6.45, 7) is 1.78. The van der Waals surface area contributed by atoms with Gasteiger partial charge in [-0.1, -0.05) is 0 Å². The molecule has 0 aliphatic rings. The predicted octanol–water partition coefficient (Wildman–Crippen LogP) is 0.752. The fourth-order valence-electron chi connectivity index (χ4n) is 1.33. The molecule has 0 aliphatic heterocycles. The summed E-state index contributed by atoms with van der Waals surface area (Å²) < 4.78 is 3.76. The van der Waals surface area contributed by atoms with Crippen LogP contribution in [0.25, 0.3) is 0 Å². The zero-order valence-electron chi connectivity index (χ0n) is 7.87. The Bertz CT molecular complexity index is 376. The van der Waals surface area contributed by atoms with Crippen molar-refractivity contribution in [1.82, 2.24) is 19.6 Å². The molecule has 2 N–H and O–H groups in total. The quantitative estimate of drug-likeness (QED) is 0.775. The molecule has 0 aliphatic carbocycles. The molecule has 2 heterocycles. The third-order valence-corrected chi connectivity index (χ3v) is 1.99. The van der Waals surface area contributed by atoms with Crippen molar-refractivity contribution in [2.45, 2.75) is 19.5 Å². The topological polar surface area (TPSA) is 61.7 Å². The number of rotatable bonds is 4. The molecule has 2 rings (SSSR count). The van der Waals surface area contributed by atoms with Crippen molar-refractivity contribution in [3.05, 3.63) is 30.7 Å². The molecule has 0 unspecified atom stereocenters. The Morgan fingerprint density at radius 3 is 2.71 bits per heavy atom. The Hall–Kier alpha value is -1.78. The van der Waals surface area contributed by atoms with Crippen LogP contribution in [0.15, 0.2) is 30.7 Å². The van der Waals surface area contributed by atoms with Gasteiger partial charge in [0, 0.05) is 31.7 Å². The average molecular weight is 191 g/mol. The predicted molar refractivity (Wildman–Crippen MR) is 53.5 cm³/mol. The summed E-state index contributed by atoms with van der Waals surface area (Å²) in [5, 5.41) is 8.21. The van der Waals surface area contributed by atoms with E-state index in [1.807, 2.05) is 27.8 Å². The van der Waals surface area contributed by atoms with Crippen LogP contribution in [0.1, 0.15) is 6.42 Å². The molecule has 0 saturated carbocycles. The minimum Gasteiger partial charge on any atom is -0.382 e. The molecule has 5 nitrogen and oxygen atoms in total. The minimum atomic E-state index is 0.573. The fourth-order valence-corrected chi connectivity index (χ4v) is 1.33. The first-order valence-corrected chi connectivity index (χ1v) is 4.61. The zero-order valence-corrected chi connectivity index (χ0v) is 7.87. The molecular weight excluding hydrogens is 178 g/mol. The standard InChI is InChI=1S/C9H13N5/c10-9-3-8-14(12-9)7-2-6-13-5-1-4-11-13/h1,3-5,8H,2,6-7H2,(H2,10,12). The third kappa shape index (κ3) is 2.12. The number of nitrogens with two attached hydrogens (primary N) is 1. The van der Waals surface area contributed by atoms with Gasteiger partial charge in [-0.25, -0.2) is 0 Å². The average Bonchev–Trinajstić information content (AvgIpc) is 2.77. The third-order valence-electron chi connectivity index (χ3n) is 1.99. The van der Waals surface area contributed by atoms with Crippen LogP contribution in [-0.4, -0.2) is 19.6 Å². The van der Waals surface area contributed by atoms with Gasteiger partial charge in [-0.2, -0.15) is 10.2 Å². The molecule has 0 bridgehead atoms. The van der Waals surface area contributed by atoms with Gasteiger partial charge in [-0.05, 0) is 18.6 Å². The summed E-state index contributed by atoms with van der Waals surface area (Å²) in [7, 11) is 0. The number of aromatic nitrogens is 4. The lowest BCUT2D eigenvalue weighted by atomic mass is 10.4. The van der Waals surface area contributed by atoms with E-state index in [1.54, 1.807) is 12.3 Å². The number of nitrogens with zero attached hydrogens (tertiary/aromatic N) is 4. The van der Waals surface area contributed by atoms with Gasteiger partial charge < -0.3 is 5.73 Å². The van der Waals surface area contributed by atoms with Crippen LogP contribution in [0, 0.1) is 0 Å². The van der Waals surface area contributed by atoms with Crippen molar-refractivity contribution in [3.63, 3.8) is 0 Å². The number of anilines is 1. The fraction of sp³-hybridized carbons (Fsp3) is 0.333. The lowest BCUT2D eigenvalue weighted by molar-refractivity contribution is 0.502. The van der Waals surface area contributed by atoms with E-state index >= 15 is 0 Å². The van der Waals surface area contributed by atoms with Gasteiger partial charge in [0.05, 0.1) is 0 Å². The normalized spacial score (nSPS) is 10.6. The summed E-state index contributed by atoms with van der Waals surface area (Å²) in [6.07, 6.45) is 6.63. The number of aryl methyl sites for hydroxylation is 2. The van der Waals surface area contributed by atoms with Crippen molar-refractivity contribution >= 4 is 5.82 Å². The van der Waals surface area contributed by atoms with Crippen LogP contribution in [-0.2, 0) is 13.1 Å². The van der Waals surface area contributed by atoms with Crippen LogP contribution < -0.4 is 5.73 Å². The second kappa shape index (κ2) is 3.95. The van der Waals surface area contributed by atoms with Crippen molar-refractivity contribution in [3.8, 4) is 0 Å². The highest BCUT2D eigenvalue weighted by molar-refractivity contribution is 5.23. The Morgan fingerprint density at radius 1 is 1.21 bits per heavy atom. The molecule has 0 amide bonds. The van der Waals surface area contributed by atoms with Gasteiger partial charge in [0.1, 0.15) is 5.82 Å². The summed E-state index contributed by atoms with van der Waals surface area (Å²) in [6, 6.07) is 3.72. The van der Waals surface area contributed by atoms with E-state index in [2.05, 4.69) is 10.2 Å². The number of hydrogen-bond donors (Lipinski definition) is 1. The van der Waals surface area contributed by atoms with Gasteiger partial charge in [0.2, 0.25) is 0 Å². The van der Waals surface area contributed by atoms with Crippen molar-refractivity contribution < 1.29 is 0 Å². The van der Waals surface area contributed by atoms with E-state index in [4.69, 9.17) is 5.73 Å². The van der Waals surface area contributed by atoms with Crippen LogP contribution >= 0.6 is 0 Å². The molecule has 0 atom stereocenters. The van der Waals surface area contributed by atoms with E-state index in [0.717, 1.165) is 19.5 Å².